The quantitative estimate of drug-likeness (QED) is 0.456. The molecule has 1 atom stereocenters. The lowest BCUT2D eigenvalue weighted by atomic mass is 9.81. The molecule has 3 aromatic rings. The highest BCUT2D eigenvalue weighted by molar-refractivity contribution is 7.87. The minimum atomic E-state index is -4.02. The summed E-state index contributed by atoms with van der Waals surface area (Å²) in [5, 5.41) is 1.05. The number of carbonyl (C=O) groups is 1. The Kier molecular flexibility index (Phi) is 8.03. The number of nitrogens with zero attached hydrogens (tertiary/aromatic N) is 4. The first-order valence-electron chi connectivity index (χ1n) is 14.9. The van der Waals surface area contributed by atoms with Gasteiger partial charge in [0.15, 0.2) is 0 Å². The average molecular weight is 598 g/mol. The van der Waals surface area contributed by atoms with Gasteiger partial charge >= 0.3 is 10.2 Å². The molecular weight excluding hydrogens is 557 g/mol. The number of ether oxygens (including phenoxy) is 1. The maximum Gasteiger partial charge on any atom is 0.303 e. The first-order chi connectivity index (χ1) is 20.1. The zero-order valence-electron chi connectivity index (χ0n) is 24.6. The Morgan fingerprint density at radius 3 is 2.50 bits per heavy atom. The molecule has 1 N–H and O–H groups in total. The number of amides is 1. The van der Waals surface area contributed by atoms with Crippen molar-refractivity contribution in [3.8, 4) is 17.0 Å². The van der Waals surface area contributed by atoms with Gasteiger partial charge in [0.1, 0.15) is 18.2 Å². The van der Waals surface area contributed by atoms with Gasteiger partial charge in [-0.05, 0) is 62.7 Å². The zero-order chi connectivity index (χ0) is 29.6. The molecule has 0 saturated heterocycles. The van der Waals surface area contributed by atoms with Crippen LogP contribution in [0.25, 0.3) is 22.2 Å². The van der Waals surface area contributed by atoms with Crippen molar-refractivity contribution in [1.82, 2.24) is 23.4 Å². The molecule has 6 rings (SSSR count). The summed E-state index contributed by atoms with van der Waals surface area (Å²) in [5.74, 6) is -0.165. The molecule has 0 spiro atoms. The summed E-state index contributed by atoms with van der Waals surface area (Å²) >= 11 is 0. The number of nitrogens with one attached hydrogen (secondary N) is 1. The van der Waals surface area contributed by atoms with E-state index >= 15 is 0 Å². The highest BCUT2D eigenvalue weighted by Crippen LogP contribution is 2.47. The van der Waals surface area contributed by atoms with Gasteiger partial charge in [0, 0.05) is 67.9 Å². The molecule has 2 aromatic carbocycles. The number of benzene rings is 2. The largest absolute Gasteiger partial charge is 0.491 e. The van der Waals surface area contributed by atoms with E-state index < -0.39 is 16.1 Å². The lowest BCUT2D eigenvalue weighted by Gasteiger charge is -2.33. The zero-order valence-corrected chi connectivity index (χ0v) is 25.4. The highest BCUT2D eigenvalue weighted by Gasteiger charge is 2.32. The first-order valence-corrected chi connectivity index (χ1v) is 16.3. The molecule has 1 unspecified atom stereocenters. The Labute approximate surface area is 247 Å². The Morgan fingerprint density at radius 2 is 1.71 bits per heavy atom. The second-order valence-corrected chi connectivity index (χ2v) is 13.9. The Morgan fingerprint density at radius 1 is 0.952 bits per heavy atom. The number of halogens is 1. The molecule has 4 bridgehead atoms. The molecule has 1 amide bonds. The van der Waals surface area contributed by atoms with E-state index in [1.54, 1.807) is 6.07 Å². The van der Waals surface area contributed by atoms with Crippen molar-refractivity contribution in [3.05, 3.63) is 53.3 Å². The fourth-order valence-corrected chi connectivity index (χ4v) is 7.47. The van der Waals surface area contributed by atoms with Gasteiger partial charge in [-0.2, -0.15) is 12.7 Å². The summed E-state index contributed by atoms with van der Waals surface area (Å²) < 4.78 is 52.7. The molecule has 1 aromatic heterocycles. The minimum absolute atomic E-state index is 0.0168. The predicted octanol–water partition coefficient (Wildman–Crippen LogP) is 4.04. The van der Waals surface area contributed by atoms with Crippen LogP contribution in [0.15, 0.2) is 36.4 Å². The van der Waals surface area contributed by atoms with E-state index in [0.29, 0.717) is 31.4 Å². The van der Waals surface area contributed by atoms with Crippen molar-refractivity contribution in [3.63, 3.8) is 0 Å². The van der Waals surface area contributed by atoms with Gasteiger partial charge in [-0.1, -0.05) is 25.3 Å². The fourth-order valence-electron chi connectivity index (χ4n) is 6.64. The number of likely N-dealkylation sites (N-methyl/N-ethyl adjacent to an activating group) is 3. The molecule has 3 aliphatic rings. The van der Waals surface area contributed by atoms with E-state index in [1.165, 1.54) is 35.5 Å². The topological polar surface area (TPSA) is 87.1 Å². The molecule has 42 heavy (non-hydrogen) atoms. The van der Waals surface area contributed by atoms with Crippen LogP contribution in [0.1, 0.15) is 53.9 Å². The van der Waals surface area contributed by atoms with Crippen LogP contribution in [0.4, 0.5) is 4.39 Å². The predicted molar refractivity (Wildman–Crippen MR) is 162 cm³/mol. The summed E-state index contributed by atoms with van der Waals surface area (Å²) in [4.78, 5) is 17.7. The van der Waals surface area contributed by atoms with E-state index in [4.69, 9.17) is 4.74 Å². The van der Waals surface area contributed by atoms with Crippen molar-refractivity contribution >= 4 is 27.0 Å². The van der Waals surface area contributed by atoms with Gasteiger partial charge in [-0.15, -0.1) is 0 Å². The van der Waals surface area contributed by atoms with E-state index in [9.17, 15) is 17.6 Å². The van der Waals surface area contributed by atoms with Gasteiger partial charge in [-0.3, -0.25) is 9.69 Å². The van der Waals surface area contributed by atoms with E-state index in [-0.39, 0.29) is 24.0 Å². The average Bonchev–Trinajstić information content (AvgIpc) is 3.27. The van der Waals surface area contributed by atoms with Crippen molar-refractivity contribution < 1.29 is 22.3 Å². The molecule has 1 aliphatic carbocycles. The van der Waals surface area contributed by atoms with E-state index in [1.807, 2.05) is 25.2 Å². The molecule has 0 radical (unpaired) electrons. The molecule has 3 heterocycles. The third-order valence-electron chi connectivity index (χ3n) is 9.29. The van der Waals surface area contributed by atoms with Crippen molar-refractivity contribution in [2.75, 3.05) is 53.9 Å². The maximum atomic E-state index is 14.6. The molecule has 11 heteroatoms. The van der Waals surface area contributed by atoms with Gasteiger partial charge in [0.2, 0.25) is 0 Å². The SMILES string of the molecule is CN1CCN(C)C2COc3cc(F)ccc3-c3c(C4CCCCC4)c4ccc(cc4n3C2)C(=O)NS(=O)(=O)N(C)CC1. The third kappa shape index (κ3) is 5.55. The van der Waals surface area contributed by atoms with Crippen LogP contribution in [0, 0.1) is 5.82 Å². The maximum absolute atomic E-state index is 14.6. The number of carbonyl (C=O) groups excluding carboxylic acids is 1. The number of aromatic nitrogens is 1. The second-order valence-electron chi connectivity index (χ2n) is 12.1. The second kappa shape index (κ2) is 11.6. The van der Waals surface area contributed by atoms with Crippen LogP contribution in [0.2, 0.25) is 0 Å². The summed E-state index contributed by atoms with van der Waals surface area (Å²) in [6.07, 6.45) is 5.63. The van der Waals surface area contributed by atoms with Crippen molar-refractivity contribution in [2.24, 2.45) is 0 Å². The molecule has 1 fully saturated rings. The molecule has 1 saturated carbocycles. The summed E-state index contributed by atoms with van der Waals surface area (Å²) in [6.45, 7) is 3.21. The van der Waals surface area contributed by atoms with Gasteiger partial charge in [-0.25, -0.2) is 9.11 Å². The standard InChI is InChI=1S/C31H40FN5O4S/c1-34-13-15-35(2)24-19-37-27-17-22(31(38)33-42(39,40)36(3)16-14-34)9-11-25(27)29(21-7-5-4-6-8-21)30(37)26-12-10-23(32)18-28(26)41-20-24/h9-12,17-18,21,24H,4-8,13-16,19-20H2,1-3H3,(H,33,38). The van der Waals surface area contributed by atoms with E-state index in [2.05, 4.69) is 26.1 Å². The summed E-state index contributed by atoms with van der Waals surface area (Å²) in [7, 11) is 1.49. The Bertz CT molecular complexity index is 1600. The van der Waals surface area contributed by atoms with Crippen LogP contribution >= 0.6 is 0 Å². The first kappa shape index (κ1) is 29.1. The van der Waals surface area contributed by atoms with Gasteiger partial charge in [0.05, 0.1) is 11.7 Å². The van der Waals surface area contributed by atoms with Crippen LogP contribution in [-0.4, -0.2) is 93.0 Å². The minimum Gasteiger partial charge on any atom is -0.491 e. The fraction of sp³-hybridized carbons (Fsp3) is 0.516. The van der Waals surface area contributed by atoms with Gasteiger partial charge < -0.3 is 14.2 Å². The number of hydrogen-bond acceptors (Lipinski definition) is 6. The lowest BCUT2D eigenvalue weighted by molar-refractivity contribution is 0.0979. The van der Waals surface area contributed by atoms with Crippen molar-refractivity contribution in [1.29, 1.82) is 0 Å². The van der Waals surface area contributed by atoms with Crippen molar-refractivity contribution in [2.45, 2.75) is 50.6 Å². The highest BCUT2D eigenvalue weighted by atomic mass is 32.2. The molecule has 226 valence electrons. The van der Waals surface area contributed by atoms with Gasteiger partial charge in [0.25, 0.3) is 5.91 Å². The van der Waals surface area contributed by atoms with Crippen LogP contribution < -0.4 is 9.46 Å². The monoisotopic (exact) mass is 597 g/mol. The molecule has 2 aliphatic heterocycles. The summed E-state index contributed by atoms with van der Waals surface area (Å²) in [5.41, 5.74) is 4.22. The summed E-state index contributed by atoms with van der Waals surface area (Å²) in [6, 6.07) is 10.2. The molecule has 9 nitrogen and oxygen atoms in total. The lowest BCUT2D eigenvalue weighted by Crippen LogP contribution is -2.46. The number of fused-ring (bicyclic) bond motifs is 4. The molecular formula is C31H40FN5O4S. The van der Waals surface area contributed by atoms with Crippen LogP contribution in [0.5, 0.6) is 5.75 Å². The van der Waals surface area contributed by atoms with Crippen LogP contribution in [0.3, 0.4) is 0 Å². The Hall–Kier alpha value is -2.99. The normalized spacial score (nSPS) is 23.3. The van der Waals surface area contributed by atoms with Crippen LogP contribution in [-0.2, 0) is 16.8 Å². The number of rotatable bonds is 1. The third-order valence-corrected chi connectivity index (χ3v) is 10.7. The Balaban J connectivity index is 1.59. The smallest absolute Gasteiger partial charge is 0.303 e. The number of hydrogen-bond donors (Lipinski definition) is 1. The van der Waals surface area contributed by atoms with E-state index in [0.717, 1.165) is 60.9 Å².